The highest BCUT2D eigenvalue weighted by Crippen LogP contribution is 2.30. The Kier molecular flexibility index (Phi) is 6.19. The van der Waals surface area contributed by atoms with Crippen LogP contribution in [0, 0.1) is 11.6 Å². The van der Waals surface area contributed by atoms with Crippen LogP contribution in [0.3, 0.4) is 0 Å². The van der Waals surface area contributed by atoms with E-state index < -0.39 is 0 Å². The van der Waals surface area contributed by atoms with Crippen LogP contribution in [-0.2, 0) is 9.53 Å². The second kappa shape index (κ2) is 8.59. The van der Waals surface area contributed by atoms with Crippen molar-refractivity contribution < 1.29 is 18.3 Å². The number of carbonyl (C=O) groups is 1. The third kappa shape index (κ3) is 4.51. The smallest absolute Gasteiger partial charge is 0.322 e. The molecule has 1 heterocycles. The number of nitrogens with zero attached hydrogens (tertiary/aromatic N) is 2. The molecule has 4 nitrogen and oxygen atoms in total. The predicted octanol–water partition coefficient (Wildman–Crippen LogP) is 3.23. The number of hydrogen-bond acceptors (Lipinski definition) is 4. The fourth-order valence-electron chi connectivity index (χ4n) is 3.61. The third-order valence-electron chi connectivity index (χ3n) is 5.18. The van der Waals surface area contributed by atoms with Crippen LogP contribution in [0.2, 0.25) is 0 Å². The molecule has 1 fully saturated rings. The van der Waals surface area contributed by atoms with Crippen molar-refractivity contribution in [1.82, 2.24) is 9.80 Å². The Morgan fingerprint density at radius 3 is 1.67 bits per heavy atom. The average Bonchev–Trinajstić information content (AvgIpc) is 2.70. The summed E-state index contributed by atoms with van der Waals surface area (Å²) < 4.78 is 31.6. The molecule has 0 aromatic heterocycles. The van der Waals surface area contributed by atoms with Crippen molar-refractivity contribution in [1.29, 1.82) is 0 Å². The zero-order chi connectivity index (χ0) is 19.4. The van der Waals surface area contributed by atoms with Crippen LogP contribution in [0.4, 0.5) is 8.78 Å². The molecule has 1 atom stereocenters. The normalized spacial score (nSPS) is 17.1. The van der Waals surface area contributed by atoms with Gasteiger partial charge in [0.1, 0.15) is 17.7 Å². The van der Waals surface area contributed by atoms with E-state index in [9.17, 15) is 13.6 Å². The van der Waals surface area contributed by atoms with Crippen LogP contribution in [0.25, 0.3) is 0 Å². The van der Waals surface area contributed by atoms with Gasteiger partial charge in [-0.05, 0) is 42.3 Å². The summed E-state index contributed by atoms with van der Waals surface area (Å²) in [6.45, 7) is 4.75. The highest BCUT2D eigenvalue weighted by atomic mass is 19.1. The molecule has 144 valence electrons. The van der Waals surface area contributed by atoms with Crippen LogP contribution in [-0.4, -0.2) is 55.1 Å². The lowest BCUT2D eigenvalue weighted by Crippen LogP contribution is -2.52. The van der Waals surface area contributed by atoms with Crippen LogP contribution < -0.4 is 0 Å². The maximum absolute atomic E-state index is 13.4. The van der Waals surface area contributed by atoms with E-state index in [1.54, 1.807) is 24.3 Å². The summed E-state index contributed by atoms with van der Waals surface area (Å²) in [6.07, 6.45) is 0. The summed E-state index contributed by atoms with van der Waals surface area (Å²) in [5.41, 5.74) is 1.91. The first kappa shape index (κ1) is 19.5. The van der Waals surface area contributed by atoms with Gasteiger partial charge >= 0.3 is 5.97 Å². The molecule has 0 spiro atoms. The summed E-state index contributed by atoms with van der Waals surface area (Å²) in [4.78, 5) is 16.2. The number of esters is 1. The Hall–Kier alpha value is -2.31. The van der Waals surface area contributed by atoms with Gasteiger partial charge in [-0.15, -0.1) is 0 Å². The minimum absolute atomic E-state index is 0.0956. The van der Waals surface area contributed by atoms with Gasteiger partial charge < -0.3 is 4.74 Å². The van der Waals surface area contributed by atoms with E-state index in [-0.39, 0.29) is 29.7 Å². The first-order valence-corrected chi connectivity index (χ1v) is 9.06. The summed E-state index contributed by atoms with van der Waals surface area (Å²) >= 11 is 0. The van der Waals surface area contributed by atoms with Gasteiger partial charge in [-0.3, -0.25) is 14.6 Å². The Labute approximate surface area is 158 Å². The van der Waals surface area contributed by atoms with Gasteiger partial charge in [-0.25, -0.2) is 8.78 Å². The van der Waals surface area contributed by atoms with E-state index in [1.807, 2.05) is 6.92 Å². The lowest BCUT2D eigenvalue weighted by molar-refractivity contribution is -0.147. The maximum Gasteiger partial charge on any atom is 0.322 e. The topological polar surface area (TPSA) is 32.8 Å². The molecule has 3 rings (SSSR count). The molecule has 6 heteroatoms. The number of halogens is 2. The second-order valence-corrected chi connectivity index (χ2v) is 6.78. The standard InChI is InChI=1S/C21H24F2N2O2/c1-15(21(26)27-2)24-11-13-25(14-12-24)20(16-3-7-18(22)8-4-16)17-5-9-19(23)10-6-17/h3-10,15,20H,11-14H2,1-2H3. The molecule has 27 heavy (non-hydrogen) atoms. The first-order valence-electron chi connectivity index (χ1n) is 9.06. The zero-order valence-corrected chi connectivity index (χ0v) is 15.6. The molecule has 2 aromatic rings. The first-order chi connectivity index (χ1) is 13.0. The molecule has 1 aliphatic heterocycles. The lowest BCUT2D eigenvalue weighted by Gasteiger charge is -2.41. The molecule has 0 amide bonds. The molecule has 0 bridgehead atoms. The molecule has 1 aliphatic rings. The third-order valence-corrected chi connectivity index (χ3v) is 5.18. The Morgan fingerprint density at radius 1 is 0.852 bits per heavy atom. The Morgan fingerprint density at radius 2 is 1.26 bits per heavy atom. The van der Waals surface area contributed by atoms with E-state index in [4.69, 9.17) is 4.74 Å². The van der Waals surface area contributed by atoms with E-state index in [1.165, 1.54) is 31.4 Å². The number of rotatable bonds is 5. The molecule has 1 saturated heterocycles. The summed E-state index contributed by atoms with van der Waals surface area (Å²) in [5.74, 6) is -0.807. The number of ether oxygens (including phenoxy) is 1. The predicted molar refractivity (Wildman–Crippen MR) is 99.3 cm³/mol. The highest BCUT2D eigenvalue weighted by Gasteiger charge is 2.30. The molecule has 1 unspecified atom stereocenters. The fourth-order valence-corrected chi connectivity index (χ4v) is 3.61. The van der Waals surface area contributed by atoms with Gasteiger partial charge in [0, 0.05) is 26.2 Å². The molecule has 0 aliphatic carbocycles. The summed E-state index contributed by atoms with van der Waals surface area (Å²) in [7, 11) is 1.40. The lowest BCUT2D eigenvalue weighted by atomic mass is 9.96. The number of benzene rings is 2. The van der Waals surface area contributed by atoms with Gasteiger partial charge in [0.2, 0.25) is 0 Å². The van der Waals surface area contributed by atoms with Gasteiger partial charge in [0.25, 0.3) is 0 Å². The number of methoxy groups -OCH3 is 1. The quantitative estimate of drug-likeness (QED) is 0.753. The van der Waals surface area contributed by atoms with Crippen LogP contribution >= 0.6 is 0 Å². The van der Waals surface area contributed by atoms with Crippen molar-refractivity contribution in [2.24, 2.45) is 0 Å². The second-order valence-electron chi connectivity index (χ2n) is 6.78. The van der Waals surface area contributed by atoms with Crippen LogP contribution in [0.15, 0.2) is 48.5 Å². The van der Waals surface area contributed by atoms with E-state index in [0.29, 0.717) is 0 Å². The van der Waals surface area contributed by atoms with Gasteiger partial charge in [-0.1, -0.05) is 24.3 Å². The van der Waals surface area contributed by atoms with E-state index in [0.717, 1.165) is 37.3 Å². The number of hydrogen-bond donors (Lipinski definition) is 0. The number of piperazine rings is 1. The van der Waals surface area contributed by atoms with Crippen molar-refractivity contribution in [2.45, 2.75) is 19.0 Å². The molecule has 2 aromatic carbocycles. The largest absolute Gasteiger partial charge is 0.468 e. The SMILES string of the molecule is COC(=O)C(C)N1CCN(C(c2ccc(F)cc2)c2ccc(F)cc2)CC1. The summed E-state index contributed by atoms with van der Waals surface area (Å²) in [5, 5.41) is 0. The van der Waals surface area contributed by atoms with E-state index >= 15 is 0 Å². The minimum Gasteiger partial charge on any atom is -0.468 e. The van der Waals surface area contributed by atoms with Crippen molar-refractivity contribution in [3.05, 3.63) is 71.3 Å². The molecular weight excluding hydrogens is 350 g/mol. The van der Waals surface area contributed by atoms with Crippen molar-refractivity contribution in [2.75, 3.05) is 33.3 Å². The van der Waals surface area contributed by atoms with Crippen molar-refractivity contribution in [3.8, 4) is 0 Å². The zero-order valence-electron chi connectivity index (χ0n) is 15.6. The molecule has 0 saturated carbocycles. The van der Waals surface area contributed by atoms with Crippen LogP contribution in [0.5, 0.6) is 0 Å². The van der Waals surface area contributed by atoms with E-state index in [2.05, 4.69) is 9.80 Å². The molecular formula is C21H24F2N2O2. The Balaban J connectivity index is 1.81. The van der Waals surface area contributed by atoms with Gasteiger partial charge in [0.05, 0.1) is 13.2 Å². The fraction of sp³-hybridized carbons (Fsp3) is 0.381. The maximum atomic E-state index is 13.4. The minimum atomic E-state index is -0.285. The van der Waals surface area contributed by atoms with Gasteiger partial charge in [0.15, 0.2) is 0 Å². The van der Waals surface area contributed by atoms with Crippen molar-refractivity contribution in [3.63, 3.8) is 0 Å². The van der Waals surface area contributed by atoms with Gasteiger partial charge in [-0.2, -0.15) is 0 Å². The monoisotopic (exact) mass is 374 g/mol. The summed E-state index contributed by atoms with van der Waals surface area (Å²) in [6, 6.07) is 12.5. The molecule has 0 radical (unpaired) electrons. The number of carbonyl (C=O) groups excluding carboxylic acids is 1. The highest BCUT2D eigenvalue weighted by molar-refractivity contribution is 5.75. The Bertz CT molecular complexity index is 711. The average molecular weight is 374 g/mol. The molecule has 0 N–H and O–H groups in total. The van der Waals surface area contributed by atoms with Crippen LogP contribution in [0.1, 0.15) is 24.1 Å². The van der Waals surface area contributed by atoms with Crippen molar-refractivity contribution >= 4 is 5.97 Å².